The molecule has 1 saturated carbocycles. The Labute approximate surface area is 151 Å². The standard InChI is InChI=1S/C19H33FN2OS/c1-13(2)12-14(3)16-8-6-7-9-17(16)22-19(23)18(10-11-20)24-15(4)21-5/h10,13-14,16-17H,6-9,11-12H2,1-5H3,(H,22,23)/b18-10+,21-15?. The third-order valence-electron chi connectivity index (χ3n) is 4.77. The number of nitrogens with zero attached hydrogens (tertiary/aromatic N) is 1. The van der Waals surface area contributed by atoms with E-state index in [2.05, 4.69) is 31.1 Å². The van der Waals surface area contributed by atoms with Crippen molar-refractivity contribution in [2.24, 2.45) is 22.7 Å². The van der Waals surface area contributed by atoms with Gasteiger partial charge < -0.3 is 5.32 Å². The molecule has 1 aliphatic carbocycles. The average Bonchev–Trinajstić information content (AvgIpc) is 2.54. The van der Waals surface area contributed by atoms with Crippen molar-refractivity contribution in [3.05, 3.63) is 11.0 Å². The number of nitrogens with one attached hydrogen (secondary N) is 1. The smallest absolute Gasteiger partial charge is 0.258 e. The van der Waals surface area contributed by atoms with Gasteiger partial charge in [-0.15, -0.1) is 0 Å². The van der Waals surface area contributed by atoms with Crippen LogP contribution in [-0.4, -0.2) is 30.7 Å². The number of halogens is 1. The normalized spacial score (nSPS) is 24.1. The van der Waals surface area contributed by atoms with Gasteiger partial charge in [0.25, 0.3) is 5.91 Å². The second-order valence-corrected chi connectivity index (χ2v) is 8.44. The van der Waals surface area contributed by atoms with Gasteiger partial charge in [0.1, 0.15) is 6.67 Å². The predicted octanol–water partition coefficient (Wildman–Crippen LogP) is 4.98. The second-order valence-electron chi connectivity index (χ2n) is 7.20. The number of thioether (sulfide) groups is 1. The van der Waals surface area contributed by atoms with Crippen molar-refractivity contribution in [1.29, 1.82) is 0 Å². The molecule has 1 N–H and O–H groups in total. The van der Waals surface area contributed by atoms with Crippen LogP contribution >= 0.6 is 11.8 Å². The summed E-state index contributed by atoms with van der Waals surface area (Å²) in [7, 11) is 1.68. The highest BCUT2D eigenvalue weighted by atomic mass is 32.2. The minimum atomic E-state index is -0.634. The van der Waals surface area contributed by atoms with Gasteiger partial charge in [0.15, 0.2) is 0 Å². The molecular weight excluding hydrogens is 323 g/mol. The molecule has 0 heterocycles. The van der Waals surface area contributed by atoms with E-state index in [1.54, 1.807) is 7.05 Å². The second kappa shape index (κ2) is 10.9. The van der Waals surface area contributed by atoms with E-state index in [0.717, 1.165) is 17.9 Å². The van der Waals surface area contributed by atoms with E-state index in [9.17, 15) is 9.18 Å². The number of carbonyl (C=O) groups excluding carboxylic acids is 1. The maximum atomic E-state index is 12.8. The van der Waals surface area contributed by atoms with E-state index in [-0.39, 0.29) is 11.9 Å². The van der Waals surface area contributed by atoms with Gasteiger partial charge in [0.2, 0.25) is 0 Å². The summed E-state index contributed by atoms with van der Waals surface area (Å²) in [6, 6.07) is 0.197. The summed E-state index contributed by atoms with van der Waals surface area (Å²) < 4.78 is 12.8. The molecule has 0 radical (unpaired) electrons. The van der Waals surface area contributed by atoms with Gasteiger partial charge in [-0.3, -0.25) is 9.79 Å². The van der Waals surface area contributed by atoms with Crippen LogP contribution in [0.2, 0.25) is 0 Å². The first-order chi connectivity index (χ1) is 11.4. The van der Waals surface area contributed by atoms with Gasteiger partial charge in [0.05, 0.1) is 9.95 Å². The molecule has 0 spiro atoms. The quantitative estimate of drug-likeness (QED) is 0.397. The van der Waals surface area contributed by atoms with Gasteiger partial charge in [-0.05, 0) is 50.0 Å². The maximum absolute atomic E-state index is 12.8. The minimum absolute atomic E-state index is 0.158. The van der Waals surface area contributed by atoms with Crippen molar-refractivity contribution in [2.45, 2.75) is 65.8 Å². The Balaban J connectivity index is 2.78. The van der Waals surface area contributed by atoms with Crippen LogP contribution in [0.4, 0.5) is 4.39 Å². The molecule has 0 aromatic carbocycles. The molecule has 1 amide bonds. The van der Waals surface area contributed by atoms with Crippen molar-refractivity contribution in [3.8, 4) is 0 Å². The fourth-order valence-corrected chi connectivity index (χ4v) is 4.34. The Morgan fingerprint density at radius 3 is 2.58 bits per heavy atom. The summed E-state index contributed by atoms with van der Waals surface area (Å²) in [6.07, 6.45) is 7.12. The number of allylic oxidation sites excluding steroid dienone is 1. The van der Waals surface area contributed by atoms with Gasteiger partial charge in [0, 0.05) is 13.1 Å². The van der Waals surface area contributed by atoms with Crippen LogP contribution < -0.4 is 5.32 Å². The predicted molar refractivity (Wildman–Crippen MR) is 103 cm³/mol. The lowest BCUT2D eigenvalue weighted by Gasteiger charge is -2.37. The first kappa shape index (κ1) is 21.2. The summed E-state index contributed by atoms with van der Waals surface area (Å²) in [5.74, 6) is 1.62. The van der Waals surface area contributed by atoms with Crippen molar-refractivity contribution in [2.75, 3.05) is 13.7 Å². The molecule has 3 nitrogen and oxygen atoms in total. The van der Waals surface area contributed by atoms with E-state index in [0.29, 0.717) is 22.7 Å². The Hall–Kier alpha value is -0.840. The number of carbonyl (C=O) groups is 1. The molecule has 0 saturated heterocycles. The fraction of sp³-hybridized carbons (Fsp3) is 0.789. The zero-order valence-electron chi connectivity index (χ0n) is 15.8. The van der Waals surface area contributed by atoms with Crippen molar-refractivity contribution in [3.63, 3.8) is 0 Å². The molecule has 1 rings (SSSR count). The lowest BCUT2D eigenvalue weighted by atomic mass is 9.74. The lowest BCUT2D eigenvalue weighted by Crippen LogP contribution is -2.44. The number of amides is 1. The third kappa shape index (κ3) is 6.96. The number of alkyl halides is 1. The van der Waals surface area contributed by atoms with Crippen LogP contribution in [0.3, 0.4) is 0 Å². The van der Waals surface area contributed by atoms with E-state index in [1.807, 2.05) is 6.92 Å². The maximum Gasteiger partial charge on any atom is 0.258 e. The summed E-state index contributed by atoms with van der Waals surface area (Å²) in [5, 5.41) is 3.95. The fourth-order valence-electron chi connectivity index (χ4n) is 3.63. The molecule has 0 aromatic heterocycles. The number of hydrogen-bond acceptors (Lipinski definition) is 3. The number of hydrogen-bond donors (Lipinski definition) is 1. The molecule has 138 valence electrons. The van der Waals surface area contributed by atoms with Gasteiger partial charge in [-0.25, -0.2) is 4.39 Å². The van der Waals surface area contributed by atoms with Crippen molar-refractivity contribution < 1.29 is 9.18 Å². The Kier molecular flexibility index (Phi) is 9.64. The highest BCUT2D eigenvalue weighted by Crippen LogP contribution is 2.34. The van der Waals surface area contributed by atoms with Crippen LogP contribution in [0.15, 0.2) is 16.0 Å². The zero-order valence-corrected chi connectivity index (χ0v) is 16.6. The average molecular weight is 357 g/mol. The van der Waals surface area contributed by atoms with Crippen LogP contribution in [0, 0.1) is 17.8 Å². The highest BCUT2D eigenvalue weighted by Gasteiger charge is 2.31. The molecule has 1 aliphatic rings. The van der Waals surface area contributed by atoms with E-state index in [4.69, 9.17) is 0 Å². The SMILES string of the molecule is CN=C(C)S/C(=C/CF)C(=O)NC1CCCCC1C(C)CC(C)C. The van der Waals surface area contributed by atoms with E-state index >= 15 is 0 Å². The Morgan fingerprint density at radius 2 is 2.00 bits per heavy atom. The molecule has 3 unspecified atom stereocenters. The highest BCUT2D eigenvalue weighted by molar-refractivity contribution is 8.17. The van der Waals surface area contributed by atoms with E-state index < -0.39 is 6.67 Å². The minimum Gasteiger partial charge on any atom is -0.349 e. The monoisotopic (exact) mass is 356 g/mol. The summed E-state index contributed by atoms with van der Waals surface area (Å²) in [5.41, 5.74) is 0. The Morgan fingerprint density at radius 1 is 1.33 bits per heavy atom. The zero-order chi connectivity index (χ0) is 18.1. The molecular formula is C19H33FN2OS. The lowest BCUT2D eigenvalue weighted by molar-refractivity contribution is -0.118. The summed E-state index contributed by atoms with van der Waals surface area (Å²) in [4.78, 5) is 17.1. The van der Waals surface area contributed by atoms with Crippen LogP contribution in [0.1, 0.15) is 59.8 Å². The van der Waals surface area contributed by atoms with Crippen LogP contribution in [0.5, 0.6) is 0 Å². The summed E-state index contributed by atoms with van der Waals surface area (Å²) >= 11 is 1.25. The molecule has 5 heteroatoms. The Bertz CT molecular complexity index is 462. The largest absolute Gasteiger partial charge is 0.349 e. The molecule has 24 heavy (non-hydrogen) atoms. The van der Waals surface area contributed by atoms with Gasteiger partial charge in [-0.1, -0.05) is 45.4 Å². The molecule has 1 fully saturated rings. The third-order valence-corrected chi connectivity index (χ3v) is 5.82. The first-order valence-corrected chi connectivity index (χ1v) is 9.88. The molecule has 0 aromatic rings. The van der Waals surface area contributed by atoms with Gasteiger partial charge in [-0.2, -0.15) is 0 Å². The topological polar surface area (TPSA) is 41.5 Å². The van der Waals surface area contributed by atoms with Crippen molar-refractivity contribution in [1.82, 2.24) is 5.32 Å². The first-order valence-electron chi connectivity index (χ1n) is 9.07. The van der Waals surface area contributed by atoms with Crippen LogP contribution in [0.25, 0.3) is 0 Å². The number of aliphatic imine (C=N–C) groups is 1. The van der Waals surface area contributed by atoms with Crippen molar-refractivity contribution >= 4 is 22.7 Å². The molecule has 0 bridgehead atoms. The number of rotatable bonds is 7. The van der Waals surface area contributed by atoms with Crippen LogP contribution in [-0.2, 0) is 4.79 Å². The molecule has 3 atom stereocenters. The molecule has 0 aliphatic heterocycles. The van der Waals surface area contributed by atoms with E-state index in [1.165, 1.54) is 37.1 Å². The van der Waals surface area contributed by atoms with Gasteiger partial charge >= 0.3 is 0 Å². The summed E-state index contributed by atoms with van der Waals surface area (Å²) in [6.45, 7) is 8.00.